The second-order valence-electron chi connectivity index (χ2n) is 10.7. The van der Waals surface area contributed by atoms with Crippen LogP contribution in [0.3, 0.4) is 0 Å². The molecule has 35 heavy (non-hydrogen) atoms. The highest BCUT2D eigenvalue weighted by Gasteiger charge is 2.79. The Kier molecular flexibility index (Phi) is 4.50. The molecular formula is C29H33N5O. The molecule has 1 saturated carbocycles. The van der Waals surface area contributed by atoms with Gasteiger partial charge in [0.2, 0.25) is 0 Å². The number of piperazine rings is 1. The molecule has 6 nitrogen and oxygen atoms in total. The van der Waals surface area contributed by atoms with Gasteiger partial charge in [0, 0.05) is 47.0 Å². The summed E-state index contributed by atoms with van der Waals surface area (Å²) in [5.41, 5.74) is 8.57. The largest absolute Gasteiger partial charge is 0.496 e. The first kappa shape index (κ1) is 21.2. The molecule has 8 rings (SSSR count). The predicted octanol–water partition coefficient (Wildman–Crippen LogP) is 5.15. The maximum atomic E-state index is 5.77. The van der Waals surface area contributed by atoms with E-state index in [1.807, 2.05) is 0 Å². The van der Waals surface area contributed by atoms with E-state index in [1.54, 1.807) is 7.11 Å². The molecule has 0 spiro atoms. The van der Waals surface area contributed by atoms with Crippen LogP contribution < -0.4 is 4.74 Å². The molecule has 0 amide bonds. The van der Waals surface area contributed by atoms with Crippen molar-refractivity contribution >= 4 is 28.1 Å². The molecule has 4 saturated heterocycles. The lowest BCUT2D eigenvalue weighted by Crippen LogP contribution is -2.20. The van der Waals surface area contributed by atoms with Crippen LogP contribution in [0, 0.1) is 12.8 Å². The van der Waals surface area contributed by atoms with Crippen LogP contribution in [-0.4, -0.2) is 57.0 Å². The Morgan fingerprint density at radius 2 is 2.03 bits per heavy atom. The van der Waals surface area contributed by atoms with E-state index in [4.69, 9.17) is 14.7 Å². The molecule has 4 aliphatic heterocycles. The minimum Gasteiger partial charge on any atom is -0.496 e. The van der Waals surface area contributed by atoms with E-state index in [-0.39, 0.29) is 0 Å². The van der Waals surface area contributed by atoms with E-state index in [1.165, 1.54) is 18.2 Å². The van der Waals surface area contributed by atoms with Gasteiger partial charge in [-0.1, -0.05) is 13.5 Å². The van der Waals surface area contributed by atoms with Crippen molar-refractivity contribution in [2.75, 3.05) is 13.7 Å². The third kappa shape index (κ3) is 3.26. The van der Waals surface area contributed by atoms with Crippen molar-refractivity contribution in [2.24, 2.45) is 10.9 Å². The number of hydrogen-bond donors (Lipinski definition) is 0. The van der Waals surface area contributed by atoms with Crippen molar-refractivity contribution in [1.29, 1.82) is 0 Å². The van der Waals surface area contributed by atoms with Crippen LogP contribution in [0.15, 0.2) is 41.9 Å². The lowest BCUT2D eigenvalue weighted by molar-refractivity contribution is 0.410. The van der Waals surface area contributed by atoms with Crippen LogP contribution in [0.1, 0.15) is 49.2 Å². The van der Waals surface area contributed by atoms with Crippen LogP contribution in [0.25, 0.3) is 16.7 Å². The average Bonchev–Trinajstić information content (AvgIpc) is 3.82. The zero-order valence-electron chi connectivity index (χ0n) is 21.1. The Morgan fingerprint density at radius 3 is 2.69 bits per heavy atom. The number of ether oxygens (including phenoxy) is 1. The van der Waals surface area contributed by atoms with Crippen molar-refractivity contribution in [2.45, 2.75) is 64.8 Å². The van der Waals surface area contributed by atoms with Crippen molar-refractivity contribution in [3.05, 3.63) is 59.4 Å². The van der Waals surface area contributed by atoms with Gasteiger partial charge >= 0.3 is 0 Å². The molecule has 0 radical (unpaired) electrons. The summed E-state index contributed by atoms with van der Waals surface area (Å²) < 4.78 is 8.17. The molecule has 2 bridgehead atoms. The standard InChI is InChI=1S/C29H33N5O/c1-6-22-10-9-20-12-24(33(28(20)31-22)14-19-7-8-19)17(3)30-23-11-21(13-26(35-5)16(23)2)18(4)32-15-25-27-29(32)34(25)27/h9-13,19,25,27,29H,4,6-8,14-15H2,1-3,5H3/b30-17+. The molecule has 0 N–H and O–H groups in total. The minimum absolute atomic E-state index is 0.576. The van der Waals surface area contributed by atoms with Crippen LogP contribution in [0.4, 0.5) is 5.69 Å². The molecular weight excluding hydrogens is 434 g/mol. The van der Waals surface area contributed by atoms with Crippen molar-refractivity contribution in [3.63, 3.8) is 0 Å². The number of pyridine rings is 1. The molecule has 6 heterocycles. The van der Waals surface area contributed by atoms with Crippen LogP contribution >= 0.6 is 0 Å². The lowest BCUT2D eigenvalue weighted by Gasteiger charge is -2.21. The van der Waals surface area contributed by atoms with E-state index in [2.05, 4.69) is 72.0 Å². The first-order valence-electron chi connectivity index (χ1n) is 12.9. The fourth-order valence-electron chi connectivity index (χ4n) is 5.97. The van der Waals surface area contributed by atoms with Crippen molar-refractivity contribution in [3.8, 4) is 5.75 Å². The van der Waals surface area contributed by atoms with Crippen LogP contribution in [0.2, 0.25) is 0 Å². The van der Waals surface area contributed by atoms with E-state index >= 15 is 0 Å². The number of aryl methyl sites for hydroxylation is 1. The molecule has 5 aliphatic rings. The summed E-state index contributed by atoms with van der Waals surface area (Å²) in [6.07, 6.45) is 4.13. The Bertz CT molecular complexity index is 1400. The van der Waals surface area contributed by atoms with Gasteiger partial charge in [-0.05, 0) is 69.4 Å². The summed E-state index contributed by atoms with van der Waals surface area (Å²) in [6.45, 7) is 12.9. The van der Waals surface area contributed by atoms with Gasteiger partial charge in [-0.2, -0.15) is 0 Å². The van der Waals surface area contributed by atoms with Crippen molar-refractivity contribution in [1.82, 2.24) is 19.4 Å². The topological polar surface area (TPSA) is 45.7 Å². The fourth-order valence-corrected chi connectivity index (χ4v) is 5.97. The summed E-state index contributed by atoms with van der Waals surface area (Å²) in [5.74, 6) is 1.62. The number of hydrogen-bond acceptors (Lipinski definition) is 5. The van der Waals surface area contributed by atoms with E-state index in [9.17, 15) is 0 Å². The number of methoxy groups -OCH3 is 1. The van der Waals surface area contributed by atoms with Crippen LogP contribution in [0.5, 0.6) is 5.75 Å². The Morgan fingerprint density at radius 1 is 1.23 bits per heavy atom. The Labute approximate surface area is 206 Å². The third-order valence-electron chi connectivity index (χ3n) is 8.45. The highest BCUT2D eigenvalue weighted by Crippen LogP contribution is 2.61. The van der Waals surface area contributed by atoms with Gasteiger partial charge in [-0.25, -0.2) is 4.98 Å². The highest BCUT2D eigenvalue weighted by atomic mass is 16.5. The zero-order valence-corrected chi connectivity index (χ0v) is 21.1. The number of rotatable bonds is 8. The van der Waals surface area contributed by atoms with Gasteiger partial charge in [0.15, 0.2) is 0 Å². The molecule has 1 aromatic carbocycles. The van der Waals surface area contributed by atoms with E-state index in [0.29, 0.717) is 6.17 Å². The highest BCUT2D eigenvalue weighted by molar-refractivity contribution is 6.03. The lowest BCUT2D eigenvalue weighted by atomic mass is 10.1. The van der Waals surface area contributed by atoms with Gasteiger partial charge in [0.05, 0.1) is 30.2 Å². The maximum Gasteiger partial charge on any atom is 0.140 e. The summed E-state index contributed by atoms with van der Waals surface area (Å²) in [4.78, 5) is 15.2. The zero-order chi connectivity index (χ0) is 24.0. The van der Waals surface area contributed by atoms with Gasteiger partial charge in [0.25, 0.3) is 0 Å². The molecule has 180 valence electrons. The number of aromatic nitrogens is 2. The summed E-state index contributed by atoms with van der Waals surface area (Å²) in [7, 11) is 1.74. The molecule has 5 fully saturated rings. The summed E-state index contributed by atoms with van der Waals surface area (Å²) in [5, 5.41) is 1.19. The van der Waals surface area contributed by atoms with Gasteiger partial charge in [-0.15, -0.1) is 0 Å². The average molecular weight is 468 g/mol. The van der Waals surface area contributed by atoms with Gasteiger partial charge < -0.3 is 14.2 Å². The second kappa shape index (κ2) is 7.44. The van der Waals surface area contributed by atoms with Gasteiger partial charge in [0.1, 0.15) is 17.6 Å². The number of aliphatic imine (C=N–C) groups is 1. The molecule has 4 unspecified atom stereocenters. The predicted molar refractivity (Wildman–Crippen MR) is 140 cm³/mol. The van der Waals surface area contributed by atoms with E-state index < -0.39 is 0 Å². The Balaban J connectivity index is 1.29. The number of fused-ring (bicyclic) bond motifs is 2. The quantitative estimate of drug-likeness (QED) is 0.340. The fraction of sp³-hybridized carbons (Fsp3) is 0.448. The van der Waals surface area contributed by atoms with Crippen molar-refractivity contribution < 1.29 is 4.74 Å². The third-order valence-corrected chi connectivity index (χ3v) is 8.45. The second-order valence-corrected chi connectivity index (χ2v) is 10.7. The summed E-state index contributed by atoms with van der Waals surface area (Å²) >= 11 is 0. The number of nitrogens with zero attached hydrogens (tertiary/aromatic N) is 5. The van der Waals surface area contributed by atoms with Gasteiger partial charge in [-0.3, -0.25) is 9.89 Å². The van der Waals surface area contributed by atoms with Crippen LogP contribution in [-0.2, 0) is 13.0 Å². The summed E-state index contributed by atoms with van der Waals surface area (Å²) in [6, 6.07) is 12.5. The maximum absolute atomic E-state index is 5.77. The normalized spacial score (nSPS) is 26.3. The SMILES string of the molecule is C=C(c1cc(/N=C(\C)c2cc3ccc(CC)nc3n2CC2CC2)c(C)c(OC)c1)N1CC2C3C1N23. The molecule has 4 atom stereocenters. The van der Waals surface area contributed by atoms with E-state index in [0.717, 1.165) is 88.5 Å². The number of benzene rings is 1. The molecule has 6 heteroatoms. The monoisotopic (exact) mass is 467 g/mol. The first-order valence-corrected chi connectivity index (χ1v) is 12.9. The minimum atomic E-state index is 0.576. The molecule has 1 aliphatic carbocycles. The Hall–Kier alpha value is -3.12. The first-order chi connectivity index (χ1) is 17.0. The smallest absolute Gasteiger partial charge is 0.140 e. The molecule has 3 aromatic rings. The molecule has 2 aromatic heterocycles.